The van der Waals surface area contributed by atoms with Gasteiger partial charge in [-0.05, 0) is 0 Å². The van der Waals surface area contributed by atoms with E-state index in [0.29, 0.717) is 0 Å². The van der Waals surface area contributed by atoms with Crippen LogP contribution in [-0.2, 0) is 0 Å². The predicted octanol–water partition coefficient (Wildman–Crippen LogP) is -2.26. The lowest BCUT2D eigenvalue weighted by atomic mass is 10.9. The van der Waals surface area contributed by atoms with Crippen LogP contribution in [0.15, 0.2) is 0 Å². The first-order valence-electron chi connectivity index (χ1n) is 1.99. The van der Waals surface area contributed by atoms with E-state index < -0.39 is 12.1 Å². The van der Waals surface area contributed by atoms with Crippen molar-refractivity contribution in [2.75, 3.05) is 0 Å². The number of nitrogens with two attached hydrogens (primary N) is 2. The minimum atomic E-state index is -0.821. The van der Waals surface area contributed by atoms with Gasteiger partial charge in [0.05, 0.1) is 0 Å². The van der Waals surface area contributed by atoms with Gasteiger partial charge in [0.25, 0.3) is 0 Å². The number of hydrogen-bond donors (Lipinski definition) is 5. The van der Waals surface area contributed by atoms with Crippen LogP contribution >= 0.6 is 0 Å². The summed E-state index contributed by atoms with van der Waals surface area (Å²) in [5, 5.41) is 1.73. The van der Waals surface area contributed by atoms with Crippen molar-refractivity contribution in [3.8, 4) is 0 Å². The Morgan fingerprint density at radius 2 is 1.33 bits per heavy atom. The van der Waals surface area contributed by atoms with Gasteiger partial charge >= 0.3 is 12.1 Å². The van der Waals surface area contributed by atoms with Crippen molar-refractivity contribution in [1.29, 1.82) is 0 Å². The fourth-order valence-electron chi connectivity index (χ4n) is 0.175. The van der Waals surface area contributed by atoms with Gasteiger partial charge in [0.15, 0.2) is 0 Å². The average molecular weight is 133 g/mol. The zero-order chi connectivity index (χ0) is 7.28. The lowest BCUT2D eigenvalue weighted by molar-refractivity contribution is 0.227. The van der Waals surface area contributed by atoms with E-state index in [2.05, 4.69) is 11.7 Å². The Morgan fingerprint density at radius 1 is 1.00 bits per heavy atom. The van der Waals surface area contributed by atoms with Gasteiger partial charge in [0.2, 0.25) is 0 Å². The molecule has 0 saturated heterocycles. The fourth-order valence-corrected chi connectivity index (χ4v) is 0.175. The second kappa shape index (κ2) is 3.64. The Hall–Kier alpha value is -1.34. The summed E-state index contributed by atoms with van der Waals surface area (Å²) in [5.74, 6) is 9.18. The molecular formula is C2H7N5O2. The fraction of sp³-hybridized carbons (Fsp3) is 0. The van der Waals surface area contributed by atoms with Crippen molar-refractivity contribution in [3.63, 3.8) is 0 Å². The van der Waals surface area contributed by atoms with Gasteiger partial charge < -0.3 is 0 Å². The van der Waals surface area contributed by atoms with Crippen molar-refractivity contribution >= 4 is 12.1 Å². The molecule has 0 aromatic heterocycles. The van der Waals surface area contributed by atoms with Crippen molar-refractivity contribution < 1.29 is 9.59 Å². The monoisotopic (exact) mass is 133 g/mol. The second-order valence-corrected chi connectivity index (χ2v) is 1.07. The molecule has 0 spiro atoms. The molecule has 4 amide bonds. The highest BCUT2D eigenvalue weighted by atomic mass is 16.2. The van der Waals surface area contributed by atoms with Crippen LogP contribution < -0.4 is 27.9 Å². The Kier molecular flexibility index (Phi) is 3.09. The van der Waals surface area contributed by atoms with Crippen LogP contribution in [-0.4, -0.2) is 12.1 Å². The van der Waals surface area contributed by atoms with E-state index in [0.717, 1.165) is 0 Å². The van der Waals surface area contributed by atoms with E-state index in [1.807, 2.05) is 0 Å². The summed E-state index contributed by atoms with van der Waals surface area (Å²) in [7, 11) is 0. The minimum Gasteiger partial charge on any atom is -0.276 e. The van der Waals surface area contributed by atoms with Crippen LogP contribution in [0.3, 0.4) is 0 Å². The molecule has 7 N–H and O–H groups in total. The Morgan fingerprint density at radius 3 is 1.56 bits per heavy atom. The molecule has 0 atom stereocenters. The van der Waals surface area contributed by atoms with Crippen LogP contribution in [0.4, 0.5) is 9.59 Å². The summed E-state index contributed by atoms with van der Waals surface area (Å²) in [4.78, 5) is 20.2. The molecule has 0 heterocycles. The van der Waals surface area contributed by atoms with E-state index in [9.17, 15) is 9.59 Å². The van der Waals surface area contributed by atoms with Crippen molar-refractivity contribution in [1.82, 2.24) is 16.2 Å². The molecule has 7 heteroatoms. The zero-order valence-corrected chi connectivity index (χ0v) is 4.47. The van der Waals surface area contributed by atoms with Crippen molar-refractivity contribution in [2.24, 2.45) is 11.7 Å². The highest BCUT2D eigenvalue weighted by molar-refractivity contribution is 5.92. The molecule has 0 unspecified atom stereocenters. The van der Waals surface area contributed by atoms with E-state index in [4.69, 9.17) is 0 Å². The molecular weight excluding hydrogens is 126 g/mol. The third-order valence-corrected chi connectivity index (χ3v) is 0.489. The van der Waals surface area contributed by atoms with Gasteiger partial charge in [-0.1, -0.05) is 0 Å². The molecule has 9 heavy (non-hydrogen) atoms. The Labute approximate surface area is 50.7 Å². The number of hydrazine groups is 2. The van der Waals surface area contributed by atoms with E-state index in [1.54, 1.807) is 16.2 Å². The third kappa shape index (κ3) is 3.26. The number of carbonyl (C=O) groups is 2. The van der Waals surface area contributed by atoms with Gasteiger partial charge in [-0.25, -0.2) is 21.3 Å². The maximum absolute atomic E-state index is 10.1. The number of rotatable bonds is 0. The number of nitrogens with one attached hydrogen (secondary N) is 3. The molecule has 0 rings (SSSR count). The number of amides is 4. The highest BCUT2D eigenvalue weighted by Gasteiger charge is 2.00. The summed E-state index contributed by atoms with van der Waals surface area (Å²) in [6.07, 6.45) is 0. The van der Waals surface area contributed by atoms with Crippen LogP contribution in [0, 0.1) is 0 Å². The standard InChI is InChI=1S/C2H7N5O2/c3-6-1(8)5-2(9)7-4/h3-4H2,(H3,5,6,7,8,9). The first-order valence-corrected chi connectivity index (χ1v) is 1.99. The zero-order valence-electron chi connectivity index (χ0n) is 4.47. The minimum absolute atomic E-state index is 0.821. The molecule has 0 aromatic rings. The van der Waals surface area contributed by atoms with E-state index in [1.165, 1.54) is 0 Å². The lowest BCUT2D eigenvalue weighted by Crippen LogP contribution is -2.49. The van der Waals surface area contributed by atoms with Crippen LogP contribution in [0.2, 0.25) is 0 Å². The number of imide groups is 1. The lowest BCUT2D eigenvalue weighted by Gasteiger charge is -1.99. The summed E-state index contributed by atoms with van der Waals surface area (Å²) >= 11 is 0. The maximum atomic E-state index is 10.1. The molecule has 0 aliphatic heterocycles. The summed E-state index contributed by atoms with van der Waals surface area (Å²) in [5.41, 5.74) is 3.33. The van der Waals surface area contributed by atoms with Gasteiger partial charge in [0, 0.05) is 0 Å². The first kappa shape index (κ1) is 7.66. The number of hydrogen-bond acceptors (Lipinski definition) is 4. The highest BCUT2D eigenvalue weighted by Crippen LogP contribution is 1.58. The van der Waals surface area contributed by atoms with E-state index >= 15 is 0 Å². The average Bonchev–Trinajstić information content (AvgIpc) is 1.87. The van der Waals surface area contributed by atoms with Crippen molar-refractivity contribution in [2.45, 2.75) is 0 Å². The van der Waals surface area contributed by atoms with Crippen LogP contribution in [0.25, 0.3) is 0 Å². The molecule has 0 bridgehead atoms. The molecule has 0 aliphatic carbocycles. The summed E-state index contributed by atoms with van der Waals surface area (Å²) in [6, 6.07) is -1.64. The Balaban J connectivity index is 3.47. The summed E-state index contributed by atoms with van der Waals surface area (Å²) in [6.45, 7) is 0. The van der Waals surface area contributed by atoms with Gasteiger partial charge in [-0.15, -0.1) is 0 Å². The number of carbonyl (C=O) groups excluding carboxylic acids is 2. The molecule has 0 aromatic carbocycles. The summed E-state index contributed by atoms with van der Waals surface area (Å²) < 4.78 is 0. The van der Waals surface area contributed by atoms with Gasteiger partial charge in [-0.3, -0.25) is 16.2 Å². The van der Waals surface area contributed by atoms with Crippen molar-refractivity contribution in [3.05, 3.63) is 0 Å². The molecule has 0 saturated carbocycles. The first-order chi connectivity index (χ1) is 4.20. The van der Waals surface area contributed by atoms with Gasteiger partial charge in [-0.2, -0.15) is 0 Å². The molecule has 0 radical (unpaired) electrons. The smallest absolute Gasteiger partial charge is 0.276 e. The molecule has 52 valence electrons. The normalized spacial score (nSPS) is 7.78. The topological polar surface area (TPSA) is 122 Å². The predicted molar refractivity (Wildman–Crippen MR) is 28.6 cm³/mol. The second-order valence-electron chi connectivity index (χ2n) is 1.07. The molecule has 7 nitrogen and oxygen atoms in total. The SMILES string of the molecule is NNC(=O)NC(=O)NN. The maximum Gasteiger partial charge on any atom is 0.337 e. The Bertz CT molecular complexity index is 108. The molecule has 0 aliphatic rings. The number of urea groups is 2. The van der Waals surface area contributed by atoms with Crippen LogP contribution in [0.1, 0.15) is 0 Å². The quantitative estimate of drug-likeness (QED) is 0.145. The largest absolute Gasteiger partial charge is 0.337 e. The third-order valence-electron chi connectivity index (χ3n) is 0.489. The van der Waals surface area contributed by atoms with E-state index in [-0.39, 0.29) is 0 Å². The van der Waals surface area contributed by atoms with Gasteiger partial charge in [0.1, 0.15) is 0 Å². The van der Waals surface area contributed by atoms with Crippen LogP contribution in [0.5, 0.6) is 0 Å². The molecule has 0 fully saturated rings.